The molecule has 20 heavy (non-hydrogen) atoms. The van der Waals surface area contributed by atoms with Gasteiger partial charge in [0.1, 0.15) is 12.4 Å². The Hall–Kier alpha value is -2.62. The fourth-order valence-electron chi connectivity index (χ4n) is 1.70. The number of nitrogens with zero attached hydrogens (tertiary/aromatic N) is 1. The zero-order valence-corrected chi connectivity index (χ0v) is 11.2. The van der Waals surface area contributed by atoms with Gasteiger partial charge in [0.2, 0.25) is 0 Å². The van der Waals surface area contributed by atoms with E-state index in [2.05, 4.69) is 4.98 Å². The van der Waals surface area contributed by atoms with Gasteiger partial charge in [-0.2, -0.15) is 0 Å². The topological polar surface area (TPSA) is 65.2 Å². The smallest absolute Gasteiger partial charge is 0.331 e. The fourth-order valence-corrected chi connectivity index (χ4v) is 1.70. The van der Waals surface area contributed by atoms with E-state index in [1.54, 1.807) is 12.1 Å². The second kappa shape index (κ2) is 6.52. The third-order valence-electron chi connectivity index (χ3n) is 2.77. The highest BCUT2D eigenvalue weighted by Crippen LogP contribution is 2.10. The van der Waals surface area contributed by atoms with Gasteiger partial charge in [-0.25, -0.2) is 9.78 Å². The van der Waals surface area contributed by atoms with Crippen molar-refractivity contribution >= 4 is 17.9 Å². The van der Waals surface area contributed by atoms with Crippen LogP contribution in [-0.2, 0) is 16.1 Å². The van der Waals surface area contributed by atoms with E-state index >= 15 is 0 Å². The van der Waals surface area contributed by atoms with Gasteiger partial charge in [0.05, 0.1) is 0 Å². The molecule has 0 saturated carbocycles. The molecule has 0 fully saturated rings. The molecule has 102 valence electrons. The minimum absolute atomic E-state index is 0.267. The number of aryl methyl sites for hydroxylation is 1. The number of hydrogen-bond donors (Lipinski definition) is 1. The summed E-state index contributed by atoms with van der Waals surface area (Å²) >= 11 is 0. The van der Waals surface area contributed by atoms with E-state index in [0.717, 1.165) is 16.8 Å². The molecule has 0 atom stereocenters. The van der Waals surface area contributed by atoms with Crippen LogP contribution in [0.2, 0.25) is 0 Å². The van der Waals surface area contributed by atoms with E-state index in [-0.39, 0.29) is 12.6 Å². The number of carbonyl (C=O) groups excluding carboxylic acids is 1. The lowest BCUT2D eigenvalue weighted by molar-refractivity contribution is -0.138. The van der Waals surface area contributed by atoms with E-state index in [0.29, 0.717) is 5.82 Å². The Morgan fingerprint density at radius 2 is 2.00 bits per heavy atom. The number of ether oxygens (including phenoxy) is 1. The number of nitrogen functional groups attached to an aromatic ring is 1. The lowest BCUT2D eigenvalue weighted by Gasteiger charge is -2.02. The molecule has 0 aliphatic rings. The SMILES string of the molecule is Cc1nc(N)ccc1/C=C/C(=O)OCc1ccccc1. The lowest BCUT2D eigenvalue weighted by Crippen LogP contribution is -2.01. The highest BCUT2D eigenvalue weighted by atomic mass is 16.5. The van der Waals surface area contributed by atoms with Crippen LogP contribution in [0, 0.1) is 6.92 Å². The predicted octanol–water partition coefficient (Wildman–Crippen LogP) is 2.73. The first kappa shape index (κ1) is 13.8. The van der Waals surface area contributed by atoms with Gasteiger partial charge in [0, 0.05) is 11.8 Å². The molecule has 0 bridgehead atoms. The Labute approximate surface area is 117 Å². The van der Waals surface area contributed by atoms with Crippen LogP contribution in [0.3, 0.4) is 0 Å². The lowest BCUT2D eigenvalue weighted by atomic mass is 10.2. The molecule has 0 amide bonds. The molecule has 2 aromatic rings. The molecular weight excluding hydrogens is 252 g/mol. The third-order valence-corrected chi connectivity index (χ3v) is 2.77. The minimum atomic E-state index is -0.384. The maximum atomic E-state index is 11.6. The van der Waals surface area contributed by atoms with Gasteiger partial charge in [0.25, 0.3) is 0 Å². The number of rotatable bonds is 4. The van der Waals surface area contributed by atoms with Crippen molar-refractivity contribution in [2.45, 2.75) is 13.5 Å². The van der Waals surface area contributed by atoms with E-state index in [1.165, 1.54) is 6.08 Å². The summed E-state index contributed by atoms with van der Waals surface area (Å²) in [5.41, 5.74) is 8.15. The minimum Gasteiger partial charge on any atom is -0.458 e. The standard InChI is InChI=1S/C16H16N2O2/c1-12-14(7-9-15(17)18-12)8-10-16(19)20-11-13-5-3-2-4-6-13/h2-10H,11H2,1H3,(H2,17,18)/b10-8+. The number of aromatic nitrogens is 1. The number of carbonyl (C=O) groups is 1. The molecule has 0 unspecified atom stereocenters. The monoisotopic (exact) mass is 268 g/mol. The molecule has 0 aliphatic carbocycles. The Balaban J connectivity index is 1.92. The summed E-state index contributed by atoms with van der Waals surface area (Å²) in [6, 6.07) is 13.1. The predicted molar refractivity (Wildman–Crippen MR) is 78.7 cm³/mol. The zero-order chi connectivity index (χ0) is 14.4. The number of anilines is 1. The molecule has 0 spiro atoms. The van der Waals surface area contributed by atoms with Gasteiger partial charge >= 0.3 is 5.97 Å². The van der Waals surface area contributed by atoms with Gasteiger partial charge in [-0.1, -0.05) is 30.3 Å². The third kappa shape index (κ3) is 3.95. The Morgan fingerprint density at radius 3 is 2.70 bits per heavy atom. The number of hydrogen-bond acceptors (Lipinski definition) is 4. The Morgan fingerprint density at radius 1 is 1.25 bits per heavy atom. The van der Waals surface area contributed by atoms with Crippen LogP contribution in [0.4, 0.5) is 5.82 Å². The highest BCUT2D eigenvalue weighted by molar-refractivity contribution is 5.87. The van der Waals surface area contributed by atoms with Crippen LogP contribution in [0.15, 0.2) is 48.5 Å². The van der Waals surface area contributed by atoms with Gasteiger partial charge in [-0.05, 0) is 36.3 Å². The van der Waals surface area contributed by atoms with Crippen molar-refractivity contribution < 1.29 is 9.53 Å². The summed E-state index contributed by atoms with van der Waals surface area (Å²) in [6.45, 7) is 2.11. The summed E-state index contributed by atoms with van der Waals surface area (Å²) in [7, 11) is 0. The number of pyridine rings is 1. The van der Waals surface area contributed by atoms with Crippen molar-refractivity contribution in [3.8, 4) is 0 Å². The normalized spacial score (nSPS) is 10.7. The van der Waals surface area contributed by atoms with Crippen LogP contribution in [0.5, 0.6) is 0 Å². The maximum absolute atomic E-state index is 11.6. The van der Waals surface area contributed by atoms with Crippen LogP contribution in [-0.4, -0.2) is 11.0 Å². The summed E-state index contributed by atoms with van der Waals surface area (Å²) < 4.78 is 5.14. The van der Waals surface area contributed by atoms with Gasteiger partial charge in [-0.15, -0.1) is 0 Å². The molecule has 1 heterocycles. The number of nitrogens with two attached hydrogens (primary N) is 1. The summed E-state index contributed by atoms with van der Waals surface area (Å²) in [4.78, 5) is 15.7. The fraction of sp³-hybridized carbons (Fsp3) is 0.125. The number of esters is 1. The molecule has 2 N–H and O–H groups in total. The molecular formula is C16H16N2O2. The van der Waals surface area contributed by atoms with Crippen LogP contribution in [0.25, 0.3) is 6.08 Å². The van der Waals surface area contributed by atoms with Crippen molar-refractivity contribution in [1.82, 2.24) is 4.98 Å². The van der Waals surface area contributed by atoms with Gasteiger partial charge in [-0.3, -0.25) is 0 Å². The first-order valence-electron chi connectivity index (χ1n) is 6.27. The van der Waals surface area contributed by atoms with Crippen LogP contribution >= 0.6 is 0 Å². The average molecular weight is 268 g/mol. The zero-order valence-electron chi connectivity index (χ0n) is 11.2. The molecule has 1 aromatic carbocycles. The molecule has 0 radical (unpaired) electrons. The summed E-state index contributed by atoms with van der Waals surface area (Å²) in [6.07, 6.45) is 3.07. The molecule has 4 nitrogen and oxygen atoms in total. The molecule has 1 aromatic heterocycles. The molecule has 4 heteroatoms. The average Bonchev–Trinajstić information content (AvgIpc) is 2.45. The molecule has 0 saturated heterocycles. The van der Waals surface area contributed by atoms with Gasteiger partial charge < -0.3 is 10.5 Å². The first-order valence-corrected chi connectivity index (χ1v) is 6.27. The maximum Gasteiger partial charge on any atom is 0.331 e. The Bertz CT molecular complexity index is 622. The summed E-state index contributed by atoms with van der Waals surface area (Å²) in [5.74, 6) is 0.0800. The first-order chi connectivity index (χ1) is 9.65. The van der Waals surface area contributed by atoms with Gasteiger partial charge in [0.15, 0.2) is 0 Å². The van der Waals surface area contributed by atoms with Crippen LogP contribution in [0.1, 0.15) is 16.8 Å². The largest absolute Gasteiger partial charge is 0.458 e. The second-order valence-electron chi connectivity index (χ2n) is 4.34. The highest BCUT2D eigenvalue weighted by Gasteiger charge is 2.00. The van der Waals surface area contributed by atoms with E-state index in [1.807, 2.05) is 43.3 Å². The van der Waals surface area contributed by atoms with Crippen molar-refractivity contribution in [3.05, 3.63) is 65.4 Å². The van der Waals surface area contributed by atoms with E-state index < -0.39 is 0 Å². The second-order valence-corrected chi connectivity index (χ2v) is 4.34. The molecule has 2 rings (SSSR count). The van der Waals surface area contributed by atoms with E-state index in [9.17, 15) is 4.79 Å². The van der Waals surface area contributed by atoms with Crippen molar-refractivity contribution in [2.24, 2.45) is 0 Å². The van der Waals surface area contributed by atoms with Crippen molar-refractivity contribution in [1.29, 1.82) is 0 Å². The van der Waals surface area contributed by atoms with Crippen molar-refractivity contribution in [3.63, 3.8) is 0 Å². The number of benzene rings is 1. The summed E-state index contributed by atoms with van der Waals surface area (Å²) in [5, 5.41) is 0. The quantitative estimate of drug-likeness (QED) is 0.684. The Kier molecular flexibility index (Phi) is 4.50. The molecule has 0 aliphatic heterocycles. The van der Waals surface area contributed by atoms with E-state index in [4.69, 9.17) is 10.5 Å². The van der Waals surface area contributed by atoms with Crippen molar-refractivity contribution in [2.75, 3.05) is 5.73 Å². The van der Waals surface area contributed by atoms with Crippen LogP contribution < -0.4 is 5.73 Å².